The van der Waals surface area contributed by atoms with Crippen LogP contribution in [0, 0.1) is 11.6 Å². The Morgan fingerprint density at radius 2 is 1.65 bits per heavy atom. The fourth-order valence-corrected chi connectivity index (χ4v) is 4.35. The molecule has 0 amide bonds. The summed E-state index contributed by atoms with van der Waals surface area (Å²) in [5.74, 6) is -0.829. The van der Waals surface area contributed by atoms with E-state index in [-0.39, 0.29) is 24.0 Å². The van der Waals surface area contributed by atoms with E-state index in [0.29, 0.717) is 31.4 Å². The minimum Gasteiger partial charge on any atom is -0.487 e. The van der Waals surface area contributed by atoms with Crippen LogP contribution in [0.25, 0.3) is 6.08 Å². The summed E-state index contributed by atoms with van der Waals surface area (Å²) in [6, 6.07) is 15.3. The summed E-state index contributed by atoms with van der Waals surface area (Å²) < 4.78 is 39.0. The quantitative estimate of drug-likeness (QED) is 0.273. The second kappa shape index (κ2) is 9.11. The number of nitrogens with zero attached hydrogens (tertiary/aromatic N) is 1. The molecule has 1 aliphatic rings. The van der Waals surface area contributed by atoms with E-state index < -0.39 is 11.8 Å². The molecule has 1 heterocycles. The first-order valence-electron chi connectivity index (χ1n) is 9.04. The van der Waals surface area contributed by atoms with Gasteiger partial charge in [0.2, 0.25) is 5.90 Å². The van der Waals surface area contributed by atoms with Crippen molar-refractivity contribution in [1.29, 1.82) is 0 Å². The van der Waals surface area contributed by atoms with Crippen LogP contribution in [0.4, 0.5) is 8.78 Å². The molecular weight excluding hydrogens is 536 g/mol. The van der Waals surface area contributed by atoms with Gasteiger partial charge in [-0.15, -0.1) is 0 Å². The fraction of sp³-hybridized carbons (Fsp3) is 0.0435. The first-order valence-corrected chi connectivity index (χ1v) is 10.6. The summed E-state index contributed by atoms with van der Waals surface area (Å²) in [5.41, 5.74) is 1.82. The van der Waals surface area contributed by atoms with Gasteiger partial charge in [-0.1, -0.05) is 18.2 Å². The average molecular weight is 549 g/mol. The molecule has 0 N–H and O–H groups in total. The monoisotopic (exact) mass is 547 g/mol. The average Bonchev–Trinajstić information content (AvgIpc) is 3.08. The number of halogens is 4. The summed E-state index contributed by atoms with van der Waals surface area (Å²) in [6.45, 7) is 0.184. The van der Waals surface area contributed by atoms with Gasteiger partial charge in [-0.25, -0.2) is 18.6 Å². The van der Waals surface area contributed by atoms with E-state index in [4.69, 9.17) is 9.47 Å². The molecule has 4 nitrogen and oxygen atoms in total. The van der Waals surface area contributed by atoms with Gasteiger partial charge in [0, 0.05) is 5.56 Å². The zero-order valence-electron chi connectivity index (χ0n) is 15.7. The molecule has 0 unspecified atom stereocenters. The zero-order valence-corrected chi connectivity index (χ0v) is 18.9. The van der Waals surface area contributed by atoms with Crippen molar-refractivity contribution >= 4 is 49.8 Å². The molecule has 0 radical (unpaired) electrons. The predicted molar refractivity (Wildman–Crippen MR) is 120 cm³/mol. The molecule has 0 aromatic heterocycles. The molecule has 31 heavy (non-hydrogen) atoms. The largest absolute Gasteiger partial charge is 0.487 e. The summed E-state index contributed by atoms with van der Waals surface area (Å²) in [4.78, 5) is 16.4. The number of benzene rings is 3. The molecule has 156 valence electrons. The van der Waals surface area contributed by atoms with Crippen LogP contribution < -0.4 is 4.74 Å². The highest BCUT2D eigenvalue weighted by Crippen LogP contribution is 2.36. The minimum absolute atomic E-state index is 0.0453. The van der Waals surface area contributed by atoms with E-state index >= 15 is 0 Å². The number of cyclic esters (lactones) is 1. The van der Waals surface area contributed by atoms with Gasteiger partial charge in [0.25, 0.3) is 0 Å². The Hall–Kier alpha value is -2.84. The highest BCUT2D eigenvalue weighted by molar-refractivity contribution is 9.11. The van der Waals surface area contributed by atoms with Gasteiger partial charge in [0.1, 0.15) is 24.0 Å². The zero-order chi connectivity index (χ0) is 22.0. The molecule has 0 fully saturated rings. The predicted octanol–water partition coefficient (Wildman–Crippen LogP) is 6.41. The molecule has 1 aliphatic heterocycles. The summed E-state index contributed by atoms with van der Waals surface area (Å²) in [7, 11) is 0. The highest BCUT2D eigenvalue weighted by Gasteiger charge is 2.24. The molecule has 0 saturated heterocycles. The lowest BCUT2D eigenvalue weighted by Gasteiger charge is -2.11. The molecule has 3 aromatic rings. The van der Waals surface area contributed by atoms with E-state index in [1.54, 1.807) is 36.4 Å². The standard InChI is InChI=1S/C23H13Br2F2NO3/c24-18-8-14(9-19(25)21(18)30-12-13-3-1-5-16(26)7-13)10-20-23(29)31-22(28-20)15-4-2-6-17(27)11-15/h1-11H,12H2/b20-10-. The Labute approximate surface area is 193 Å². The molecule has 0 aliphatic carbocycles. The molecule has 0 bridgehead atoms. The van der Waals surface area contributed by atoms with Gasteiger partial charge in [0.15, 0.2) is 5.70 Å². The number of ether oxygens (including phenoxy) is 2. The maximum atomic E-state index is 13.4. The van der Waals surface area contributed by atoms with Crippen molar-refractivity contribution in [1.82, 2.24) is 0 Å². The lowest BCUT2D eigenvalue weighted by molar-refractivity contribution is -0.129. The minimum atomic E-state index is -0.627. The molecule has 0 atom stereocenters. The van der Waals surface area contributed by atoms with Crippen LogP contribution in [0.15, 0.2) is 80.3 Å². The van der Waals surface area contributed by atoms with Crippen LogP contribution in [0.1, 0.15) is 16.7 Å². The van der Waals surface area contributed by atoms with Crippen molar-refractivity contribution in [3.63, 3.8) is 0 Å². The second-order valence-electron chi connectivity index (χ2n) is 6.58. The molecule has 0 spiro atoms. The van der Waals surface area contributed by atoms with Crippen molar-refractivity contribution in [2.45, 2.75) is 6.61 Å². The van der Waals surface area contributed by atoms with E-state index in [0.717, 1.165) is 0 Å². The molecule has 8 heteroatoms. The smallest absolute Gasteiger partial charge is 0.363 e. The van der Waals surface area contributed by atoms with Gasteiger partial charge in [-0.05, 0) is 91.5 Å². The van der Waals surface area contributed by atoms with Crippen molar-refractivity contribution in [3.05, 3.63) is 104 Å². The summed E-state index contributed by atoms with van der Waals surface area (Å²) >= 11 is 6.91. The van der Waals surface area contributed by atoms with Crippen molar-refractivity contribution in [2.75, 3.05) is 0 Å². The van der Waals surface area contributed by atoms with Gasteiger partial charge in [-0.3, -0.25) is 0 Å². The van der Waals surface area contributed by atoms with E-state index in [1.165, 1.54) is 30.3 Å². The SMILES string of the molecule is O=C1OC(c2cccc(F)c2)=N/C1=C\c1cc(Br)c(OCc2cccc(F)c2)c(Br)c1. The summed E-state index contributed by atoms with van der Waals surface area (Å²) in [5, 5.41) is 0. The fourth-order valence-electron chi connectivity index (χ4n) is 2.89. The summed E-state index contributed by atoms with van der Waals surface area (Å²) in [6.07, 6.45) is 1.56. The Kier molecular flexibility index (Phi) is 6.29. The van der Waals surface area contributed by atoms with E-state index in [9.17, 15) is 13.6 Å². The Balaban J connectivity index is 1.56. The topological polar surface area (TPSA) is 47.9 Å². The maximum Gasteiger partial charge on any atom is 0.363 e. The van der Waals surface area contributed by atoms with Crippen LogP contribution in [0.3, 0.4) is 0 Å². The van der Waals surface area contributed by atoms with E-state index in [2.05, 4.69) is 36.9 Å². The molecular formula is C23H13Br2F2NO3. The lowest BCUT2D eigenvalue weighted by atomic mass is 10.2. The number of hydrogen-bond acceptors (Lipinski definition) is 4. The first kappa shape index (κ1) is 21.4. The number of rotatable bonds is 5. The third-order valence-corrected chi connectivity index (χ3v) is 5.47. The van der Waals surface area contributed by atoms with Crippen molar-refractivity contribution in [3.8, 4) is 5.75 Å². The van der Waals surface area contributed by atoms with Crippen LogP contribution >= 0.6 is 31.9 Å². The maximum absolute atomic E-state index is 13.4. The van der Waals surface area contributed by atoms with Gasteiger partial charge in [-0.2, -0.15) is 0 Å². The number of hydrogen-bond donors (Lipinski definition) is 0. The van der Waals surface area contributed by atoms with Crippen molar-refractivity contribution in [2.24, 2.45) is 4.99 Å². The Morgan fingerprint density at radius 3 is 2.32 bits per heavy atom. The number of esters is 1. The van der Waals surface area contributed by atoms with E-state index in [1.807, 2.05) is 0 Å². The van der Waals surface area contributed by atoms with Gasteiger partial charge >= 0.3 is 5.97 Å². The first-order chi connectivity index (χ1) is 14.9. The van der Waals surface area contributed by atoms with Gasteiger partial charge in [0.05, 0.1) is 8.95 Å². The number of aliphatic imine (C=N–C) groups is 1. The lowest BCUT2D eigenvalue weighted by Crippen LogP contribution is -2.05. The Bertz CT molecular complexity index is 1220. The van der Waals surface area contributed by atoms with Crippen molar-refractivity contribution < 1.29 is 23.0 Å². The third kappa shape index (κ3) is 5.08. The second-order valence-corrected chi connectivity index (χ2v) is 8.29. The molecule has 4 rings (SSSR count). The highest BCUT2D eigenvalue weighted by atomic mass is 79.9. The van der Waals surface area contributed by atoms with Crippen LogP contribution in [0.5, 0.6) is 5.75 Å². The van der Waals surface area contributed by atoms with Crippen LogP contribution in [0.2, 0.25) is 0 Å². The molecule has 3 aromatic carbocycles. The third-order valence-electron chi connectivity index (χ3n) is 4.29. The van der Waals surface area contributed by atoms with Crippen LogP contribution in [-0.4, -0.2) is 11.9 Å². The molecule has 0 saturated carbocycles. The normalized spacial score (nSPS) is 14.5. The number of carbonyl (C=O) groups excluding carboxylic acids is 1. The van der Waals surface area contributed by atoms with Crippen LogP contribution in [-0.2, 0) is 16.1 Å². The van der Waals surface area contributed by atoms with Gasteiger partial charge < -0.3 is 9.47 Å². The number of carbonyl (C=O) groups is 1. The Morgan fingerprint density at radius 1 is 0.968 bits per heavy atom.